The van der Waals surface area contributed by atoms with Gasteiger partial charge in [-0.05, 0) is 6.92 Å². The van der Waals surface area contributed by atoms with Gasteiger partial charge < -0.3 is 4.84 Å². The summed E-state index contributed by atoms with van der Waals surface area (Å²) in [5.74, 6) is -0.650. The number of hydrogen-bond donors (Lipinski definition) is 0. The number of carbonyl (C=O) groups is 1. The number of rotatable bonds is 4. The van der Waals surface area contributed by atoms with Gasteiger partial charge in [-0.1, -0.05) is 35.0 Å². The Hall–Kier alpha value is -1.85. The van der Waals surface area contributed by atoms with Crippen LogP contribution in [0.3, 0.4) is 0 Å². The third-order valence-corrected chi connectivity index (χ3v) is 2.23. The lowest BCUT2D eigenvalue weighted by Crippen LogP contribution is -2.26. The zero-order chi connectivity index (χ0) is 13.8. The molecule has 0 saturated carbocycles. The number of benzene rings is 1. The van der Waals surface area contributed by atoms with Gasteiger partial charge in [0.1, 0.15) is 7.11 Å². The van der Waals surface area contributed by atoms with Gasteiger partial charge in [-0.2, -0.15) is 13.2 Å². The van der Waals surface area contributed by atoms with Crippen molar-refractivity contribution < 1.29 is 22.8 Å². The van der Waals surface area contributed by atoms with E-state index in [9.17, 15) is 18.0 Å². The molecule has 98 valence electrons. The Balaban J connectivity index is 2.86. The summed E-state index contributed by atoms with van der Waals surface area (Å²) >= 11 is 0. The molecule has 0 aliphatic rings. The van der Waals surface area contributed by atoms with Crippen molar-refractivity contribution in [1.29, 1.82) is 0 Å². The Labute approximate surface area is 102 Å². The summed E-state index contributed by atoms with van der Waals surface area (Å²) in [6.45, 7) is 1.82. The lowest BCUT2D eigenvalue weighted by molar-refractivity contribution is -0.0630. The summed E-state index contributed by atoms with van der Waals surface area (Å²) in [4.78, 5) is 15.8. The number of aryl methyl sites for hydroxylation is 1. The topological polar surface area (TPSA) is 38.7 Å². The summed E-state index contributed by atoms with van der Waals surface area (Å²) < 4.78 is 37.5. The van der Waals surface area contributed by atoms with Gasteiger partial charge in [-0.3, -0.25) is 4.79 Å². The highest BCUT2D eigenvalue weighted by molar-refractivity contribution is 6.11. The fourth-order valence-corrected chi connectivity index (χ4v) is 1.29. The second-order valence-electron chi connectivity index (χ2n) is 3.68. The van der Waals surface area contributed by atoms with Gasteiger partial charge in [0, 0.05) is 5.56 Å². The maximum Gasteiger partial charge on any atom is 0.433 e. The van der Waals surface area contributed by atoms with E-state index in [1.165, 1.54) is 12.1 Å². The smallest absolute Gasteiger partial charge is 0.399 e. The van der Waals surface area contributed by atoms with E-state index in [1.807, 2.05) is 6.92 Å². The average Bonchev–Trinajstić information content (AvgIpc) is 2.28. The molecular weight excluding hydrogens is 247 g/mol. The van der Waals surface area contributed by atoms with Crippen LogP contribution in [0.2, 0.25) is 0 Å². The van der Waals surface area contributed by atoms with Crippen LogP contribution in [0.5, 0.6) is 0 Å². The molecule has 0 heterocycles. The van der Waals surface area contributed by atoms with Crippen LogP contribution in [0.15, 0.2) is 29.4 Å². The zero-order valence-electron chi connectivity index (χ0n) is 9.91. The van der Waals surface area contributed by atoms with Gasteiger partial charge in [0.05, 0.1) is 6.42 Å². The maximum atomic E-state index is 12.5. The van der Waals surface area contributed by atoms with E-state index in [4.69, 9.17) is 0 Å². The highest BCUT2D eigenvalue weighted by atomic mass is 19.4. The predicted octanol–water partition coefficient (Wildman–Crippen LogP) is 3.13. The first-order valence-corrected chi connectivity index (χ1v) is 5.11. The van der Waals surface area contributed by atoms with Gasteiger partial charge in [0.2, 0.25) is 0 Å². The number of halogens is 3. The molecule has 0 atom stereocenters. The first kappa shape index (κ1) is 14.2. The minimum atomic E-state index is -4.67. The lowest BCUT2D eigenvalue weighted by atomic mass is 10.0. The molecule has 0 aliphatic heterocycles. The maximum absolute atomic E-state index is 12.5. The van der Waals surface area contributed by atoms with Crippen molar-refractivity contribution >= 4 is 11.5 Å². The van der Waals surface area contributed by atoms with Crippen LogP contribution in [0.25, 0.3) is 0 Å². The van der Waals surface area contributed by atoms with Crippen LogP contribution in [0, 0.1) is 6.92 Å². The highest BCUT2D eigenvalue weighted by Gasteiger charge is 2.37. The Kier molecular flexibility index (Phi) is 4.47. The van der Waals surface area contributed by atoms with Crippen molar-refractivity contribution in [2.24, 2.45) is 5.16 Å². The second-order valence-corrected chi connectivity index (χ2v) is 3.68. The Morgan fingerprint density at radius 3 is 2.28 bits per heavy atom. The molecule has 0 radical (unpaired) electrons. The minimum absolute atomic E-state index is 0.216. The largest absolute Gasteiger partial charge is 0.433 e. The lowest BCUT2D eigenvalue weighted by Gasteiger charge is -2.08. The van der Waals surface area contributed by atoms with Crippen molar-refractivity contribution in [1.82, 2.24) is 0 Å². The van der Waals surface area contributed by atoms with E-state index >= 15 is 0 Å². The van der Waals surface area contributed by atoms with E-state index < -0.39 is 24.1 Å². The van der Waals surface area contributed by atoms with Crippen LogP contribution in [-0.2, 0) is 4.84 Å². The van der Waals surface area contributed by atoms with Gasteiger partial charge in [-0.15, -0.1) is 0 Å². The second kappa shape index (κ2) is 5.66. The van der Waals surface area contributed by atoms with Gasteiger partial charge in [-0.25, -0.2) is 0 Å². The fourth-order valence-electron chi connectivity index (χ4n) is 1.29. The Morgan fingerprint density at radius 2 is 1.83 bits per heavy atom. The van der Waals surface area contributed by atoms with Crippen molar-refractivity contribution in [2.45, 2.75) is 19.5 Å². The van der Waals surface area contributed by atoms with Crippen molar-refractivity contribution in [3.8, 4) is 0 Å². The van der Waals surface area contributed by atoms with Crippen molar-refractivity contribution in [2.75, 3.05) is 7.11 Å². The molecule has 0 amide bonds. The number of Topliss-reactive ketones (excluding diaryl/α,β-unsaturated/α-hetero) is 1. The molecule has 0 bridgehead atoms. The molecule has 0 saturated heterocycles. The van der Waals surface area contributed by atoms with Crippen molar-refractivity contribution in [3.63, 3.8) is 0 Å². The van der Waals surface area contributed by atoms with E-state index in [1.54, 1.807) is 12.1 Å². The summed E-state index contributed by atoms with van der Waals surface area (Å²) in [7, 11) is 1.00. The van der Waals surface area contributed by atoms with E-state index in [-0.39, 0.29) is 5.56 Å². The molecule has 3 nitrogen and oxygen atoms in total. The van der Waals surface area contributed by atoms with Crippen LogP contribution in [0.1, 0.15) is 22.3 Å². The zero-order valence-corrected chi connectivity index (χ0v) is 9.91. The molecule has 1 aromatic rings. The summed E-state index contributed by atoms with van der Waals surface area (Å²) in [5, 5.41) is 2.85. The SMILES string of the molecule is CON=C(CC(=O)c1ccc(C)cc1)C(F)(F)F. The first-order valence-electron chi connectivity index (χ1n) is 5.11. The van der Waals surface area contributed by atoms with E-state index in [0.717, 1.165) is 12.7 Å². The van der Waals surface area contributed by atoms with E-state index in [0.29, 0.717) is 0 Å². The number of hydrogen-bond acceptors (Lipinski definition) is 3. The quantitative estimate of drug-likeness (QED) is 0.473. The van der Waals surface area contributed by atoms with Crippen LogP contribution in [-0.4, -0.2) is 24.8 Å². The molecule has 0 fully saturated rings. The average molecular weight is 259 g/mol. The van der Waals surface area contributed by atoms with Crippen LogP contribution < -0.4 is 0 Å². The molecule has 0 unspecified atom stereocenters. The Bertz CT molecular complexity index is 449. The number of carbonyl (C=O) groups excluding carboxylic acids is 1. The number of alkyl halides is 3. The molecular formula is C12H12F3NO2. The molecule has 1 aromatic carbocycles. The first-order chi connectivity index (χ1) is 8.34. The molecule has 0 N–H and O–H groups in total. The van der Waals surface area contributed by atoms with Crippen LogP contribution >= 0.6 is 0 Å². The van der Waals surface area contributed by atoms with Crippen molar-refractivity contribution in [3.05, 3.63) is 35.4 Å². The minimum Gasteiger partial charge on any atom is -0.399 e. The summed E-state index contributed by atoms with van der Waals surface area (Å²) in [5.41, 5.74) is -0.0996. The Morgan fingerprint density at radius 1 is 1.28 bits per heavy atom. The normalized spacial score (nSPS) is 12.4. The molecule has 0 spiro atoms. The number of nitrogens with zero attached hydrogens (tertiary/aromatic N) is 1. The van der Waals surface area contributed by atoms with E-state index in [2.05, 4.69) is 9.99 Å². The molecule has 18 heavy (non-hydrogen) atoms. The third kappa shape index (κ3) is 3.87. The molecule has 1 rings (SSSR count). The predicted molar refractivity (Wildman–Crippen MR) is 60.6 cm³/mol. The summed E-state index contributed by atoms with van der Waals surface area (Å²) in [6.07, 6.45) is -5.50. The molecule has 0 aliphatic carbocycles. The fraction of sp³-hybridized carbons (Fsp3) is 0.333. The summed E-state index contributed by atoms with van der Waals surface area (Å²) in [6, 6.07) is 6.29. The van der Waals surface area contributed by atoms with Gasteiger partial charge in [0.15, 0.2) is 11.5 Å². The number of ketones is 1. The standard InChI is InChI=1S/C12H12F3NO2/c1-8-3-5-9(6-4-8)10(17)7-11(16-18-2)12(13,14)15/h3-6H,7H2,1-2H3. The number of oxime groups is 1. The van der Waals surface area contributed by atoms with Gasteiger partial charge >= 0.3 is 6.18 Å². The van der Waals surface area contributed by atoms with Crippen LogP contribution in [0.4, 0.5) is 13.2 Å². The third-order valence-electron chi connectivity index (χ3n) is 2.23. The molecule has 6 heteroatoms. The highest BCUT2D eigenvalue weighted by Crippen LogP contribution is 2.21. The molecule has 0 aromatic heterocycles. The van der Waals surface area contributed by atoms with Gasteiger partial charge in [0.25, 0.3) is 0 Å². The monoisotopic (exact) mass is 259 g/mol.